The molecule has 6 heteroatoms. The van der Waals surface area contributed by atoms with Crippen LogP contribution in [0.4, 0.5) is 0 Å². The largest absolute Gasteiger partial charge is 0.353 e. The first kappa shape index (κ1) is 17.3. The SMILES string of the molecule is Cc1ccc(C)c2c1cc(C)c1nnc(SCC(=O)NC3CCCC3)n12. The molecule has 2 aromatic heterocycles. The van der Waals surface area contributed by atoms with Crippen LogP contribution in [-0.2, 0) is 4.79 Å². The molecule has 136 valence electrons. The van der Waals surface area contributed by atoms with Gasteiger partial charge < -0.3 is 5.32 Å². The van der Waals surface area contributed by atoms with Gasteiger partial charge in [-0.05, 0) is 56.4 Å². The number of aromatic nitrogens is 3. The Morgan fingerprint density at radius 3 is 2.65 bits per heavy atom. The molecule has 0 atom stereocenters. The number of thioether (sulfide) groups is 1. The summed E-state index contributed by atoms with van der Waals surface area (Å²) in [5.41, 5.74) is 5.52. The lowest BCUT2D eigenvalue weighted by atomic mass is 10.0. The molecular weight excluding hydrogens is 344 g/mol. The van der Waals surface area contributed by atoms with E-state index in [9.17, 15) is 4.79 Å². The number of hydrogen-bond donors (Lipinski definition) is 1. The molecule has 1 saturated carbocycles. The summed E-state index contributed by atoms with van der Waals surface area (Å²) in [6.45, 7) is 6.30. The highest BCUT2D eigenvalue weighted by Gasteiger charge is 2.19. The van der Waals surface area contributed by atoms with E-state index in [2.05, 4.69) is 58.9 Å². The first-order valence-electron chi connectivity index (χ1n) is 9.21. The molecule has 1 aliphatic carbocycles. The smallest absolute Gasteiger partial charge is 0.230 e. The van der Waals surface area contributed by atoms with Gasteiger partial charge in [0.15, 0.2) is 10.8 Å². The van der Waals surface area contributed by atoms with E-state index in [4.69, 9.17) is 0 Å². The summed E-state index contributed by atoms with van der Waals surface area (Å²) >= 11 is 1.46. The molecule has 5 nitrogen and oxygen atoms in total. The van der Waals surface area contributed by atoms with Crippen molar-refractivity contribution in [3.63, 3.8) is 0 Å². The van der Waals surface area contributed by atoms with E-state index in [1.54, 1.807) is 0 Å². The van der Waals surface area contributed by atoms with Crippen molar-refractivity contribution >= 4 is 34.2 Å². The van der Waals surface area contributed by atoms with Crippen molar-refractivity contribution in [2.24, 2.45) is 0 Å². The van der Waals surface area contributed by atoms with Crippen LogP contribution in [0.15, 0.2) is 23.4 Å². The maximum atomic E-state index is 12.3. The van der Waals surface area contributed by atoms with Gasteiger partial charge in [-0.25, -0.2) is 0 Å². The van der Waals surface area contributed by atoms with Crippen LogP contribution in [0, 0.1) is 20.8 Å². The van der Waals surface area contributed by atoms with Gasteiger partial charge in [0.25, 0.3) is 0 Å². The molecule has 1 amide bonds. The second-order valence-corrected chi connectivity index (χ2v) is 8.21. The summed E-state index contributed by atoms with van der Waals surface area (Å²) in [6.07, 6.45) is 4.65. The van der Waals surface area contributed by atoms with E-state index in [0.717, 1.165) is 34.7 Å². The molecule has 1 N–H and O–H groups in total. The van der Waals surface area contributed by atoms with Gasteiger partial charge in [-0.15, -0.1) is 10.2 Å². The van der Waals surface area contributed by atoms with Crippen LogP contribution in [0.1, 0.15) is 42.4 Å². The van der Waals surface area contributed by atoms with E-state index in [0.29, 0.717) is 11.8 Å². The molecule has 1 fully saturated rings. The number of carbonyl (C=O) groups excluding carboxylic acids is 1. The molecule has 0 radical (unpaired) electrons. The number of nitrogens with zero attached hydrogens (tertiary/aromatic N) is 3. The third-order valence-electron chi connectivity index (χ3n) is 5.26. The summed E-state index contributed by atoms with van der Waals surface area (Å²) in [7, 11) is 0. The molecule has 2 heterocycles. The number of amides is 1. The summed E-state index contributed by atoms with van der Waals surface area (Å²) in [6, 6.07) is 6.82. The minimum absolute atomic E-state index is 0.0866. The Balaban J connectivity index is 1.67. The molecule has 3 aromatic rings. The van der Waals surface area contributed by atoms with E-state index in [-0.39, 0.29) is 5.91 Å². The topological polar surface area (TPSA) is 59.3 Å². The molecule has 4 rings (SSSR count). The van der Waals surface area contributed by atoms with Crippen LogP contribution < -0.4 is 5.32 Å². The monoisotopic (exact) mass is 368 g/mol. The molecule has 0 saturated heterocycles. The Bertz CT molecular complexity index is 989. The summed E-state index contributed by atoms with van der Waals surface area (Å²) in [5, 5.41) is 13.9. The average Bonchev–Trinajstić information content (AvgIpc) is 3.26. The Labute approximate surface area is 157 Å². The minimum Gasteiger partial charge on any atom is -0.353 e. The minimum atomic E-state index is 0.0866. The highest BCUT2D eigenvalue weighted by atomic mass is 32.2. The lowest BCUT2D eigenvalue weighted by Crippen LogP contribution is -2.33. The quantitative estimate of drug-likeness (QED) is 0.708. The van der Waals surface area contributed by atoms with Gasteiger partial charge >= 0.3 is 0 Å². The van der Waals surface area contributed by atoms with Crippen molar-refractivity contribution in [3.05, 3.63) is 34.9 Å². The number of fused-ring (bicyclic) bond motifs is 3. The lowest BCUT2D eigenvalue weighted by molar-refractivity contribution is -0.119. The summed E-state index contributed by atoms with van der Waals surface area (Å²) in [4.78, 5) is 12.3. The number of nitrogens with one attached hydrogen (secondary N) is 1. The third-order valence-corrected chi connectivity index (χ3v) is 6.19. The Hall–Kier alpha value is -2.08. The van der Waals surface area contributed by atoms with Gasteiger partial charge in [0.1, 0.15) is 0 Å². The molecule has 0 aliphatic heterocycles. The van der Waals surface area contributed by atoms with Crippen LogP contribution in [0.3, 0.4) is 0 Å². The second-order valence-electron chi connectivity index (χ2n) is 7.27. The molecule has 1 aliphatic rings. The lowest BCUT2D eigenvalue weighted by Gasteiger charge is -2.13. The van der Waals surface area contributed by atoms with E-state index >= 15 is 0 Å². The predicted octanol–water partition coefficient (Wildman–Crippen LogP) is 3.96. The van der Waals surface area contributed by atoms with Gasteiger partial charge in [0.2, 0.25) is 5.91 Å². The second kappa shape index (κ2) is 6.91. The first-order chi connectivity index (χ1) is 12.5. The molecule has 0 unspecified atom stereocenters. The van der Waals surface area contributed by atoms with E-state index in [1.165, 1.54) is 41.1 Å². The van der Waals surface area contributed by atoms with Crippen molar-refractivity contribution in [1.82, 2.24) is 19.9 Å². The predicted molar refractivity (Wildman–Crippen MR) is 106 cm³/mol. The van der Waals surface area contributed by atoms with Crippen molar-refractivity contribution < 1.29 is 4.79 Å². The van der Waals surface area contributed by atoms with Crippen molar-refractivity contribution in [2.75, 3.05) is 5.75 Å². The molecule has 26 heavy (non-hydrogen) atoms. The zero-order chi connectivity index (χ0) is 18.3. The fourth-order valence-corrected chi connectivity index (χ4v) is 4.62. The standard InChI is InChI=1S/C20H24N4OS/c1-12-8-9-13(2)18-16(12)10-14(3)19-22-23-20(24(18)19)26-11-17(25)21-15-6-4-5-7-15/h8-10,15H,4-7,11H2,1-3H3,(H,21,25). The Morgan fingerprint density at radius 2 is 1.88 bits per heavy atom. The summed E-state index contributed by atoms with van der Waals surface area (Å²) < 4.78 is 2.11. The van der Waals surface area contributed by atoms with Crippen LogP contribution >= 0.6 is 11.8 Å². The number of rotatable bonds is 4. The zero-order valence-electron chi connectivity index (χ0n) is 15.5. The molecule has 0 spiro atoms. The molecular formula is C20H24N4OS. The first-order valence-corrected chi connectivity index (χ1v) is 10.2. The van der Waals surface area contributed by atoms with E-state index < -0.39 is 0 Å². The van der Waals surface area contributed by atoms with Crippen molar-refractivity contribution in [2.45, 2.75) is 57.7 Å². The number of pyridine rings is 1. The van der Waals surface area contributed by atoms with Gasteiger partial charge in [-0.3, -0.25) is 9.20 Å². The van der Waals surface area contributed by atoms with Crippen LogP contribution in [0.5, 0.6) is 0 Å². The van der Waals surface area contributed by atoms with Gasteiger partial charge in [-0.1, -0.05) is 36.7 Å². The Kier molecular flexibility index (Phi) is 4.61. The third kappa shape index (κ3) is 3.07. The summed E-state index contributed by atoms with van der Waals surface area (Å²) in [5.74, 6) is 0.459. The van der Waals surface area contributed by atoms with E-state index in [1.807, 2.05) is 0 Å². The average molecular weight is 369 g/mol. The normalized spacial score (nSPS) is 15.2. The number of aryl methyl sites for hydroxylation is 3. The van der Waals surface area contributed by atoms with Crippen LogP contribution in [0.25, 0.3) is 16.6 Å². The molecule has 0 bridgehead atoms. The van der Waals surface area contributed by atoms with Crippen molar-refractivity contribution in [1.29, 1.82) is 0 Å². The molecule has 1 aromatic carbocycles. The fraction of sp³-hybridized carbons (Fsp3) is 0.450. The Morgan fingerprint density at radius 1 is 1.15 bits per heavy atom. The fourth-order valence-electron chi connectivity index (χ4n) is 3.87. The highest BCUT2D eigenvalue weighted by molar-refractivity contribution is 7.99. The maximum absolute atomic E-state index is 12.3. The van der Waals surface area contributed by atoms with Gasteiger partial charge in [0, 0.05) is 11.4 Å². The van der Waals surface area contributed by atoms with Gasteiger partial charge in [0.05, 0.1) is 11.3 Å². The van der Waals surface area contributed by atoms with Crippen LogP contribution in [0.2, 0.25) is 0 Å². The van der Waals surface area contributed by atoms with Crippen LogP contribution in [-0.4, -0.2) is 32.3 Å². The van der Waals surface area contributed by atoms with Gasteiger partial charge in [-0.2, -0.15) is 0 Å². The number of hydrogen-bond acceptors (Lipinski definition) is 4. The zero-order valence-corrected chi connectivity index (χ0v) is 16.3. The van der Waals surface area contributed by atoms with Crippen molar-refractivity contribution in [3.8, 4) is 0 Å². The highest BCUT2D eigenvalue weighted by Crippen LogP contribution is 2.29. The number of carbonyl (C=O) groups is 1. The maximum Gasteiger partial charge on any atom is 0.230 e. The number of benzene rings is 1.